The molecule has 0 saturated carbocycles. The first-order chi connectivity index (χ1) is 19.3. The molecule has 7 N–H and O–H groups in total. The number of aliphatic hydroxyl groups excluding tert-OH is 3. The fourth-order valence-electron chi connectivity index (χ4n) is 4.19. The van der Waals surface area contributed by atoms with Crippen LogP contribution >= 0.6 is 0 Å². The molecule has 0 unspecified atom stereocenters. The molecule has 2 aliphatic heterocycles. The molecule has 0 spiro atoms. The van der Waals surface area contributed by atoms with E-state index in [1.807, 2.05) is 10.3 Å². The number of carbonyl (C=O) groups is 2. The van der Waals surface area contributed by atoms with Gasteiger partial charge >= 0.3 is 5.69 Å². The SMILES string of the molecule is CO[C@H]1[C@@H](O)[C@H](n2ccc(=O)[nH]c2=O)O[C@@H]1[C@H](O[C@@H]1OC(C(=O)Nc2ccc(F)c(F)c2F)=C[C@H](O)[C@@H]1O)C(N)=O. The largest absolute Gasteiger partial charge is 0.456 e. The Morgan fingerprint density at radius 1 is 1.12 bits per heavy atom. The lowest BCUT2D eigenvalue weighted by Crippen LogP contribution is -2.53. The topological polar surface area (TPSA) is 225 Å². The Balaban J connectivity index is 1.56. The van der Waals surface area contributed by atoms with E-state index < -0.39 is 101 Å². The van der Waals surface area contributed by atoms with Crippen molar-refractivity contribution in [1.82, 2.24) is 9.55 Å². The number of nitrogens with one attached hydrogen (secondary N) is 2. The number of halogens is 3. The molecule has 2 aliphatic rings. The van der Waals surface area contributed by atoms with Crippen LogP contribution in [0.3, 0.4) is 0 Å². The Labute approximate surface area is 226 Å². The molecule has 1 saturated heterocycles. The van der Waals surface area contributed by atoms with E-state index in [0.29, 0.717) is 12.1 Å². The van der Waals surface area contributed by atoms with E-state index in [2.05, 4.69) is 0 Å². The van der Waals surface area contributed by atoms with Gasteiger partial charge in [0.1, 0.15) is 30.5 Å². The molecular formula is C23H23F3N4O11. The van der Waals surface area contributed by atoms with Gasteiger partial charge in [0.15, 0.2) is 35.5 Å². The number of benzene rings is 1. The lowest BCUT2D eigenvalue weighted by molar-refractivity contribution is -0.241. The van der Waals surface area contributed by atoms with Crippen molar-refractivity contribution in [2.45, 2.75) is 49.1 Å². The number of amides is 2. The number of H-pyrrole nitrogens is 1. The third kappa shape index (κ3) is 5.87. The minimum absolute atomic E-state index is 0.544. The van der Waals surface area contributed by atoms with Crippen molar-refractivity contribution < 1.29 is 57.0 Å². The number of nitrogens with zero attached hydrogens (tertiary/aromatic N) is 1. The van der Waals surface area contributed by atoms with Gasteiger partial charge in [-0.3, -0.25) is 23.9 Å². The average Bonchev–Trinajstić information content (AvgIpc) is 3.24. The van der Waals surface area contributed by atoms with Crippen LogP contribution < -0.4 is 22.3 Å². The van der Waals surface area contributed by atoms with Crippen LogP contribution in [0.2, 0.25) is 0 Å². The van der Waals surface area contributed by atoms with E-state index >= 15 is 0 Å². The molecule has 0 aliphatic carbocycles. The summed E-state index contributed by atoms with van der Waals surface area (Å²) in [6.07, 6.45) is -12.2. The summed E-state index contributed by atoms with van der Waals surface area (Å²) in [5, 5.41) is 33.3. The van der Waals surface area contributed by atoms with Gasteiger partial charge in [-0.25, -0.2) is 18.0 Å². The molecule has 2 aromatic rings. The second-order valence-corrected chi connectivity index (χ2v) is 8.83. The van der Waals surface area contributed by atoms with E-state index in [9.17, 15) is 47.7 Å². The summed E-state index contributed by atoms with van der Waals surface area (Å²) in [5.74, 6) is -8.43. The zero-order valence-electron chi connectivity index (χ0n) is 20.8. The summed E-state index contributed by atoms with van der Waals surface area (Å²) in [6, 6.07) is 2.23. The minimum atomic E-state index is -2.02. The zero-order valence-corrected chi connectivity index (χ0v) is 20.8. The fraction of sp³-hybridized carbons (Fsp3) is 0.391. The van der Waals surface area contributed by atoms with Gasteiger partial charge < -0.3 is 45.3 Å². The zero-order chi connectivity index (χ0) is 30.2. The van der Waals surface area contributed by atoms with E-state index in [1.165, 1.54) is 0 Å². The van der Waals surface area contributed by atoms with Crippen LogP contribution in [0.5, 0.6) is 0 Å². The van der Waals surface area contributed by atoms with Crippen LogP contribution in [-0.2, 0) is 28.5 Å². The molecule has 0 radical (unpaired) electrons. The van der Waals surface area contributed by atoms with Gasteiger partial charge in [0, 0.05) is 19.4 Å². The number of primary amides is 1. The predicted molar refractivity (Wildman–Crippen MR) is 126 cm³/mol. The standard InChI is InChI=1S/C23H23F3N4O11/c1-38-16-15(34)21(30-5-4-11(32)29-23(30)37)40-17(16)18(19(27)35)41-22-14(33)9(31)6-10(39-22)20(36)28-8-3-2-7(24)12(25)13(8)26/h2-6,9,14-18,21-22,31,33-34H,1H3,(H2,27,35)(H,28,36)(H,29,32,37)/t9-,14-,15+,16-,17-,18-,21+,22-/m0/s1. The highest BCUT2D eigenvalue weighted by molar-refractivity contribution is 6.02. The Morgan fingerprint density at radius 2 is 1.83 bits per heavy atom. The number of carbonyl (C=O) groups excluding carboxylic acids is 2. The van der Waals surface area contributed by atoms with E-state index in [1.54, 1.807) is 0 Å². The van der Waals surface area contributed by atoms with E-state index in [4.69, 9.17) is 24.7 Å². The maximum Gasteiger partial charge on any atom is 0.330 e. The van der Waals surface area contributed by atoms with Crippen molar-refractivity contribution in [3.8, 4) is 0 Å². The van der Waals surface area contributed by atoms with Gasteiger partial charge in [-0.15, -0.1) is 0 Å². The third-order valence-corrected chi connectivity index (χ3v) is 6.21. The minimum Gasteiger partial charge on any atom is -0.456 e. The summed E-state index contributed by atoms with van der Waals surface area (Å²) < 4.78 is 63.1. The summed E-state index contributed by atoms with van der Waals surface area (Å²) in [7, 11) is 1.12. The molecule has 222 valence electrons. The molecule has 1 aromatic heterocycles. The number of ether oxygens (including phenoxy) is 4. The summed E-state index contributed by atoms with van der Waals surface area (Å²) >= 11 is 0. The second kappa shape index (κ2) is 11.8. The van der Waals surface area contributed by atoms with Gasteiger partial charge in [-0.2, -0.15) is 0 Å². The van der Waals surface area contributed by atoms with Crippen molar-refractivity contribution in [2.75, 3.05) is 12.4 Å². The summed E-state index contributed by atoms with van der Waals surface area (Å²) in [4.78, 5) is 50.6. The lowest BCUT2D eigenvalue weighted by Gasteiger charge is -2.35. The molecule has 1 aromatic carbocycles. The predicted octanol–water partition coefficient (Wildman–Crippen LogP) is -2.30. The number of nitrogens with two attached hydrogens (primary N) is 1. The van der Waals surface area contributed by atoms with E-state index in [0.717, 1.165) is 30.0 Å². The molecule has 41 heavy (non-hydrogen) atoms. The fourth-order valence-corrected chi connectivity index (χ4v) is 4.19. The van der Waals surface area contributed by atoms with Gasteiger partial charge in [-0.05, 0) is 18.2 Å². The molecule has 15 nitrogen and oxygen atoms in total. The summed E-state index contributed by atoms with van der Waals surface area (Å²) in [6.45, 7) is 0. The average molecular weight is 588 g/mol. The number of anilines is 1. The smallest absolute Gasteiger partial charge is 0.330 e. The highest BCUT2D eigenvalue weighted by Gasteiger charge is 2.52. The molecule has 0 bridgehead atoms. The van der Waals surface area contributed by atoms with Gasteiger partial charge in [0.25, 0.3) is 11.5 Å². The van der Waals surface area contributed by atoms with Gasteiger partial charge in [0.05, 0.1) is 5.69 Å². The van der Waals surface area contributed by atoms with Crippen LogP contribution in [0.1, 0.15) is 6.23 Å². The highest BCUT2D eigenvalue weighted by atomic mass is 19.2. The van der Waals surface area contributed by atoms with Crippen molar-refractivity contribution >= 4 is 17.5 Å². The van der Waals surface area contributed by atoms with E-state index in [-0.39, 0.29) is 0 Å². The Kier molecular flexibility index (Phi) is 8.61. The molecule has 8 atom stereocenters. The molecular weight excluding hydrogens is 565 g/mol. The Bertz CT molecular complexity index is 1480. The number of aromatic amines is 1. The van der Waals surface area contributed by atoms with Gasteiger partial charge in [0.2, 0.25) is 12.2 Å². The molecule has 18 heteroatoms. The number of aromatic nitrogens is 2. The molecule has 2 amide bonds. The monoisotopic (exact) mass is 588 g/mol. The number of methoxy groups -OCH3 is 1. The second-order valence-electron chi connectivity index (χ2n) is 8.83. The van der Waals surface area contributed by atoms with Crippen LogP contribution in [0.4, 0.5) is 18.9 Å². The van der Waals surface area contributed by atoms with Crippen LogP contribution in [0.25, 0.3) is 0 Å². The number of hydrogen-bond donors (Lipinski definition) is 6. The Morgan fingerprint density at radius 3 is 2.46 bits per heavy atom. The van der Waals surface area contributed by atoms with Crippen molar-refractivity contribution in [2.24, 2.45) is 5.73 Å². The van der Waals surface area contributed by atoms with Crippen LogP contribution in [0, 0.1) is 17.5 Å². The molecule has 4 rings (SSSR count). The van der Waals surface area contributed by atoms with Gasteiger partial charge in [-0.1, -0.05) is 0 Å². The third-order valence-electron chi connectivity index (χ3n) is 6.21. The first-order valence-corrected chi connectivity index (χ1v) is 11.7. The van der Waals surface area contributed by atoms with Crippen molar-refractivity contribution in [3.05, 3.63) is 74.5 Å². The van der Waals surface area contributed by atoms with Crippen LogP contribution in [0.15, 0.2) is 45.8 Å². The molecule has 3 heterocycles. The quantitative estimate of drug-likeness (QED) is 0.180. The van der Waals surface area contributed by atoms with Crippen LogP contribution in [-0.4, -0.2) is 86.7 Å². The first kappa shape index (κ1) is 29.9. The van der Waals surface area contributed by atoms with Crippen molar-refractivity contribution in [3.63, 3.8) is 0 Å². The number of hydrogen-bond acceptors (Lipinski definition) is 11. The maximum absolute atomic E-state index is 14.0. The first-order valence-electron chi connectivity index (χ1n) is 11.7. The highest BCUT2D eigenvalue weighted by Crippen LogP contribution is 2.34. The normalized spacial score (nSPS) is 28.5. The summed E-state index contributed by atoms with van der Waals surface area (Å²) in [5.41, 5.74) is 2.96. The maximum atomic E-state index is 14.0. The number of aliphatic hydroxyl groups is 3. The Hall–Kier alpha value is -4.07. The molecule has 1 fully saturated rings. The number of rotatable bonds is 8. The van der Waals surface area contributed by atoms with Crippen molar-refractivity contribution in [1.29, 1.82) is 0 Å². The lowest BCUT2D eigenvalue weighted by atomic mass is 10.0.